The molecule has 8 heteroatoms. The third-order valence-corrected chi connectivity index (χ3v) is 3.51. The lowest BCUT2D eigenvalue weighted by molar-refractivity contribution is -0.213. The van der Waals surface area contributed by atoms with Gasteiger partial charge in [0.15, 0.2) is 5.41 Å². The molecule has 1 saturated heterocycles. The van der Waals surface area contributed by atoms with Crippen molar-refractivity contribution >= 4 is 11.6 Å². The van der Waals surface area contributed by atoms with E-state index in [-0.39, 0.29) is 12.2 Å². The van der Waals surface area contributed by atoms with Crippen molar-refractivity contribution in [1.29, 1.82) is 5.26 Å². The Bertz CT molecular complexity index is 600. The lowest BCUT2D eigenvalue weighted by Crippen LogP contribution is -2.49. The molecule has 1 aliphatic heterocycles. The SMILES string of the molecule is N#Cc1c(F)cccc1NC(=O)C1(C(F)(F)F)CCNC1. The highest BCUT2D eigenvalue weighted by molar-refractivity contribution is 5.97. The van der Waals surface area contributed by atoms with Gasteiger partial charge in [-0.05, 0) is 25.1 Å². The average Bonchev–Trinajstić information content (AvgIpc) is 2.89. The van der Waals surface area contributed by atoms with E-state index < -0.39 is 41.8 Å². The van der Waals surface area contributed by atoms with E-state index in [0.717, 1.165) is 6.07 Å². The van der Waals surface area contributed by atoms with Crippen molar-refractivity contribution in [2.45, 2.75) is 12.6 Å². The summed E-state index contributed by atoms with van der Waals surface area (Å²) in [5.41, 5.74) is -3.32. The lowest BCUT2D eigenvalue weighted by Gasteiger charge is -2.29. The summed E-state index contributed by atoms with van der Waals surface area (Å²) in [5, 5.41) is 13.4. The summed E-state index contributed by atoms with van der Waals surface area (Å²) in [7, 11) is 0. The van der Waals surface area contributed by atoms with Gasteiger partial charge < -0.3 is 10.6 Å². The fourth-order valence-electron chi connectivity index (χ4n) is 2.24. The lowest BCUT2D eigenvalue weighted by atomic mass is 9.85. The second-order valence-corrected chi connectivity index (χ2v) is 4.73. The molecule has 0 saturated carbocycles. The summed E-state index contributed by atoms with van der Waals surface area (Å²) in [5.74, 6) is -2.19. The zero-order valence-electron chi connectivity index (χ0n) is 10.7. The second kappa shape index (κ2) is 5.33. The number of nitriles is 1. The molecule has 1 fully saturated rings. The molecule has 0 aliphatic carbocycles. The maximum atomic E-state index is 13.4. The smallest absolute Gasteiger partial charge is 0.324 e. The van der Waals surface area contributed by atoms with Gasteiger partial charge in [-0.3, -0.25) is 4.79 Å². The van der Waals surface area contributed by atoms with Crippen LogP contribution in [0.25, 0.3) is 0 Å². The molecule has 1 amide bonds. The zero-order chi connectivity index (χ0) is 15.7. The van der Waals surface area contributed by atoms with E-state index in [1.54, 1.807) is 0 Å². The Hall–Kier alpha value is -2.14. The van der Waals surface area contributed by atoms with Gasteiger partial charge in [-0.25, -0.2) is 4.39 Å². The molecule has 2 N–H and O–H groups in total. The Kier molecular flexibility index (Phi) is 3.87. The topological polar surface area (TPSA) is 64.9 Å². The predicted molar refractivity (Wildman–Crippen MR) is 65.7 cm³/mol. The Morgan fingerprint density at radius 3 is 2.67 bits per heavy atom. The van der Waals surface area contributed by atoms with Crippen molar-refractivity contribution in [3.05, 3.63) is 29.6 Å². The molecule has 112 valence electrons. The Morgan fingerprint density at radius 1 is 1.43 bits per heavy atom. The van der Waals surface area contributed by atoms with Gasteiger partial charge in [-0.15, -0.1) is 0 Å². The minimum Gasteiger partial charge on any atom is -0.324 e. The fraction of sp³-hybridized carbons (Fsp3) is 0.385. The third kappa shape index (κ3) is 2.56. The van der Waals surface area contributed by atoms with Gasteiger partial charge >= 0.3 is 6.18 Å². The highest BCUT2D eigenvalue weighted by atomic mass is 19.4. The number of alkyl halides is 3. The van der Waals surface area contributed by atoms with Gasteiger partial charge in [-0.1, -0.05) is 6.07 Å². The van der Waals surface area contributed by atoms with Gasteiger partial charge in [0.1, 0.15) is 17.4 Å². The molecule has 1 aromatic rings. The number of nitrogens with one attached hydrogen (secondary N) is 2. The van der Waals surface area contributed by atoms with Crippen LogP contribution in [0.4, 0.5) is 23.2 Å². The van der Waals surface area contributed by atoms with Crippen LogP contribution >= 0.6 is 0 Å². The number of anilines is 1. The number of nitrogens with zero attached hydrogens (tertiary/aromatic N) is 1. The molecule has 0 spiro atoms. The summed E-state index contributed by atoms with van der Waals surface area (Å²) in [4.78, 5) is 12.1. The standard InChI is InChI=1S/C13H11F4N3O/c14-9-2-1-3-10(8(9)6-18)20-11(21)12(13(15,16)17)4-5-19-7-12/h1-3,19H,4-5,7H2,(H,20,21). The Labute approximate surface area is 117 Å². The van der Waals surface area contributed by atoms with Gasteiger partial charge in [0, 0.05) is 6.54 Å². The quantitative estimate of drug-likeness (QED) is 0.823. The second-order valence-electron chi connectivity index (χ2n) is 4.73. The van der Waals surface area contributed by atoms with Crippen LogP contribution in [0.1, 0.15) is 12.0 Å². The van der Waals surface area contributed by atoms with Gasteiger partial charge in [-0.2, -0.15) is 18.4 Å². The molecule has 21 heavy (non-hydrogen) atoms. The van der Waals surface area contributed by atoms with Crippen LogP contribution in [0.15, 0.2) is 18.2 Å². The molecule has 1 aliphatic rings. The molecule has 1 heterocycles. The van der Waals surface area contributed by atoms with Crippen LogP contribution < -0.4 is 10.6 Å². The van der Waals surface area contributed by atoms with Crippen molar-refractivity contribution < 1.29 is 22.4 Å². The minimum atomic E-state index is -4.74. The molecule has 1 atom stereocenters. The number of halogens is 4. The van der Waals surface area contributed by atoms with Gasteiger partial charge in [0.05, 0.1) is 5.69 Å². The van der Waals surface area contributed by atoms with E-state index in [9.17, 15) is 22.4 Å². The molecule has 2 rings (SSSR count). The van der Waals surface area contributed by atoms with Gasteiger partial charge in [0.25, 0.3) is 0 Å². The van der Waals surface area contributed by atoms with Gasteiger partial charge in [0.2, 0.25) is 5.91 Å². The van der Waals surface area contributed by atoms with E-state index in [1.165, 1.54) is 18.2 Å². The number of amides is 1. The fourth-order valence-corrected chi connectivity index (χ4v) is 2.24. The Morgan fingerprint density at radius 2 is 2.14 bits per heavy atom. The number of hydrogen-bond donors (Lipinski definition) is 2. The van der Waals surface area contributed by atoms with Crippen molar-refractivity contribution in [2.75, 3.05) is 18.4 Å². The zero-order valence-corrected chi connectivity index (χ0v) is 10.7. The van der Waals surface area contributed by atoms with E-state index in [1.807, 2.05) is 5.32 Å². The molecular formula is C13H11F4N3O. The summed E-state index contributed by atoms with van der Waals surface area (Å²) in [6, 6.07) is 4.91. The van der Waals surface area contributed by atoms with Crippen molar-refractivity contribution in [3.63, 3.8) is 0 Å². The normalized spacial score (nSPS) is 21.9. The molecule has 0 aromatic heterocycles. The van der Waals surface area contributed by atoms with Crippen LogP contribution in [0, 0.1) is 22.6 Å². The third-order valence-electron chi connectivity index (χ3n) is 3.51. The monoisotopic (exact) mass is 301 g/mol. The van der Waals surface area contributed by atoms with E-state index in [0.29, 0.717) is 0 Å². The largest absolute Gasteiger partial charge is 0.404 e. The first-order valence-corrected chi connectivity index (χ1v) is 6.09. The minimum absolute atomic E-state index is 0.0567. The maximum absolute atomic E-state index is 13.4. The van der Waals surface area contributed by atoms with Crippen LogP contribution in [-0.4, -0.2) is 25.2 Å². The number of carbonyl (C=O) groups excluding carboxylic acids is 1. The number of rotatable bonds is 2. The van der Waals surface area contributed by atoms with E-state index in [2.05, 4.69) is 5.32 Å². The molecule has 0 radical (unpaired) electrons. The first kappa shape index (κ1) is 15.3. The predicted octanol–water partition coefficient (Wildman–Crippen LogP) is 2.18. The van der Waals surface area contributed by atoms with Crippen LogP contribution in [-0.2, 0) is 4.79 Å². The molecule has 1 unspecified atom stereocenters. The first-order chi connectivity index (χ1) is 9.82. The summed E-state index contributed by atoms with van der Waals surface area (Å²) >= 11 is 0. The number of benzene rings is 1. The molecule has 0 bridgehead atoms. The highest BCUT2D eigenvalue weighted by Crippen LogP contribution is 2.44. The van der Waals surface area contributed by atoms with Crippen LogP contribution in [0.2, 0.25) is 0 Å². The number of carbonyl (C=O) groups is 1. The van der Waals surface area contributed by atoms with Crippen molar-refractivity contribution in [1.82, 2.24) is 5.32 Å². The summed E-state index contributed by atoms with van der Waals surface area (Å²) < 4.78 is 53.0. The van der Waals surface area contributed by atoms with E-state index >= 15 is 0 Å². The van der Waals surface area contributed by atoms with Crippen molar-refractivity contribution in [3.8, 4) is 6.07 Å². The first-order valence-electron chi connectivity index (χ1n) is 6.09. The molecular weight excluding hydrogens is 290 g/mol. The van der Waals surface area contributed by atoms with Crippen LogP contribution in [0.5, 0.6) is 0 Å². The molecule has 4 nitrogen and oxygen atoms in total. The van der Waals surface area contributed by atoms with Crippen molar-refractivity contribution in [2.24, 2.45) is 5.41 Å². The summed E-state index contributed by atoms with van der Waals surface area (Å²) in [6.07, 6.45) is -5.14. The van der Waals surface area contributed by atoms with E-state index in [4.69, 9.17) is 5.26 Å². The highest BCUT2D eigenvalue weighted by Gasteiger charge is 2.61. The summed E-state index contributed by atoms with van der Waals surface area (Å²) in [6.45, 7) is -0.485. The average molecular weight is 301 g/mol. The number of hydrogen-bond acceptors (Lipinski definition) is 3. The van der Waals surface area contributed by atoms with Crippen LogP contribution in [0.3, 0.4) is 0 Å². The molecule has 1 aromatic carbocycles. The Balaban J connectivity index is 2.34. The maximum Gasteiger partial charge on any atom is 0.404 e.